The molecule has 0 aliphatic heterocycles. The predicted octanol–water partition coefficient (Wildman–Crippen LogP) is 6.79. The number of ether oxygens (including phenoxy) is 3. The van der Waals surface area contributed by atoms with Crippen molar-refractivity contribution in [3.8, 4) is 23.0 Å². The van der Waals surface area contributed by atoms with E-state index in [1.165, 1.54) is 0 Å². The monoisotopic (exact) mass is 498 g/mol. The van der Waals surface area contributed by atoms with E-state index in [9.17, 15) is 5.11 Å². The zero-order valence-electron chi connectivity index (χ0n) is 21.8. The van der Waals surface area contributed by atoms with E-state index in [2.05, 4.69) is 52.0 Å². The molecule has 5 heteroatoms. The maximum Gasteiger partial charge on any atom is 0.230 e. The highest BCUT2D eigenvalue weighted by Crippen LogP contribution is 2.34. The molecule has 0 fully saturated rings. The molecule has 2 N–H and O–H groups in total. The zero-order chi connectivity index (χ0) is 26.5. The van der Waals surface area contributed by atoms with E-state index in [4.69, 9.17) is 19.3 Å². The molecule has 0 aromatic heterocycles. The summed E-state index contributed by atoms with van der Waals surface area (Å²) in [7, 11) is 0. The van der Waals surface area contributed by atoms with Gasteiger partial charge in [-0.3, -0.25) is 0 Å². The Bertz CT molecular complexity index is 1270. The maximum absolute atomic E-state index is 9.58. The van der Waals surface area contributed by atoms with E-state index in [-0.39, 0.29) is 30.2 Å². The number of hydrogen-bond donors (Lipinski definition) is 2. The van der Waals surface area contributed by atoms with Crippen molar-refractivity contribution in [2.45, 2.75) is 38.5 Å². The van der Waals surface area contributed by atoms with E-state index >= 15 is 0 Å². The van der Waals surface area contributed by atoms with Crippen LogP contribution in [0.5, 0.6) is 23.0 Å². The van der Waals surface area contributed by atoms with Crippen molar-refractivity contribution < 1.29 is 24.4 Å². The summed E-state index contributed by atoms with van der Waals surface area (Å²) < 4.78 is 16.8. The normalized spacial score (nSPS) is 11.7. The Morgan fingerprint density at radius 2 is 0.784 bits per heavy atom. The van der Waals surface area contributed by atoms with Crippen molar-refractivity contribution in [2.24, 2.45) is 0 Å². The van der Waals surface area contributed by atoms with Gasteiger partial charge < -0.3 is 24.4 Å². The van der Waals surface area contributed by atoms with E-state index in [0.717, 1.165) is 33.8 Å². The van der Waals surface area contributed by atoms with Gasteiger partial charge in [0.25, 0.3) is 0 Å². The van der Waals surface area contributed by atoms with E-state index in [0.29, 0.717) is 5.75 Å². The van der Waals surface area contributed by atoms with Gasteiger partial charge in [0.1, 0.15) is 23.0 Å². The first-order valence-electron chi connectivity index (χ1n) is 12.3. The minimum absolute atomic E-state index is 0.107. The molecule has 0 spiro atoms. The van der Waals surface area contributed by atoms with Gasteiger partial charge in [-0.05, 0) is 70.8 Å². The summed E-state index contributed by atoms with van der Waals surface area (Å²) in [6.07, 6.45) is 0. The molecule has 0 unspecified atom stereocenters. The van der Waals surface area contributed by atoms with Gasteiger partial charge in [0.2, 0.25) is 6.79 Å². The zero-order valence-corrected chi connectivity index (χ0v) is 21.8. The van der Waals surface area contributed by atoms with Crippen LogP contribution in [0.4, 0.5) is 0 Å². The minimum atomic E-state index is -0.335. The topological polar surface area (TPSA) is 68.2 Å². The van der Waals surface area contributed by atoms with Crippen LogP contribution in [0, 0.1) is 0 Å². The molecule has 0 aliphatic rings. The van der Waals surface area contributed by atoms with Crippen LogP contribution in [-0.2, 0) is 10.8 Å². The molecule has 0 heterocycles. The number of phenolic OH excluding ortho intramolecular Hbond substituents is 1. The molecule has 0 atom stereocenters. The Morgan fingerprint density at radius 3 is 1.11 bits per heavy atom. The predicted molar refractivity (Wildman–Crippen MR) is 146 cm³/mol. The molecule has 0 radical (unpaired) electrons. The van der Waals surface area contributed by atoms with Crippen LogP contribution < -0.4 is 14.2 Å². The van der Waals surface area contributed by atoms with E-state index in [1.807, 2.05) is 60.7 Å². The smallest absolute Gasteiger partial charge is 0.230 e. The Balaban J connectivity index is 1.33. The van der Waals surface area contributed by atoms with Crippen LogP contribution >= 0.6 is 0 Å². The third-order valence-electron chi connectivity index (χ3n) is 7.00. The molecular weight excluding hydrogens is 464 g/mol. The van der Waals surface area contributed by atoms with E-state index in [1.54, 1.807) is 12.1 Å². The lowest BCUT2D eigenvalue weighted by Crippen LogP contribution is -2.19. The Morgan fingerprint density at radius 1 is 0.486 bits per heavy atom. The number of phenols is 1. The molecule has 4 rings (SSSR count). The SMILES string of the molecule is CC(C)(c1ccc(O)cc1)c1ccc(OCOc2ccc(C(C)(C)c3ccc(OCO)cc3)cc2)cc1. The third kappa shape index (κ3) is 6.07. The second-order valence-electron chi connectivity index (χ2n) is 10.0. The standard InChI is InChI=1S/C32H34O5/c1-31(2,23-5-13-27(34)14-6-23)25-9-17-29(18-10-25)36-22-37-30-19-11-26(12-20-30)32(3,4)24-7-15-28(16-8-24)35-21-33/h5-20,33-34H,21-22H2,1-4H3. The average Bonchev–Trinajstić information content (AvgIpc) is 2.90. The lowest BCUT2D eigenvalue weighted by Gasteiger charge is -2.26. The number of aliphatic hydroxyl groups is 1. The summed E-state index contributed by atoms with van der Waals surface area (Å²) in [4.78, 5) is 0. The van der Waals surface area contributed by atoms with Crippen molar-refractivity contribution in [1.82, 2.24) is 0 Å². The number of hydrogen-bond acceptors (Lipinski definition) is 5. The van der Waals surface area contributed by atoms with Gasteiger partial charge in [-0.2, -0.15) is 0 Å². The summed E-state index contributed by atoms with van der Waals surface area (Å²) in [5.74, 6) is 2.37. The van der Waals surface area contributed by atoms with Gasteiger partial charge in [0.15, 0.2) is 6.79 Å². The Labute approximate surface area is 218 Å². The van der Waals surface area contributed by atoms with Gasteiger partial charge >= 0.3 is 0 Å². The molecule has 37 heavy (non-hydrogen) atoms. The molecule has 192 valence electrons. The molecule has 0 amide bonds. The second-order valence-corrected chi connectivity index (χ2v) is 10.0. The van der Waals surface area contributed by atoms with Crippen molar-refractivity contribution in [1.29, 1.82) is 0 Å². The fraction of sp³-hybridized carbons (Fsp3) is 0.250. The summed E-state index contributed by atoms with van der Waals surface area (Å²) in [6.45, 7) is 8.42. The van der Waals surface area contributed by atoms with Crippen LogP contribution in [0.2, 0.25) is 0 Å². The molecule has 5 nitrogen and oxygen atoms in total. The van der Waals surface area contributed by atoms with Crippen LogP contribution in [0.1, 0.15) is 49.9 Å². The lowest BCUT2D eigenvalue weighted by molar-refractivity contribution is 0.0985. The maximum atomic E-state index is 9.58. The van der Waals surface area contributed by atoms with Gasteiger partial charge in [-0.25, -0.2) is 0 Å². The Hall–Kier alpha value is -3.96. The van der Waals surface area contributed by atoms with Crippen molar-refractivity contribution in [3.63, 3.8) is 0 Å². The highest BCUT2D eigenvalue weighted by atomic mass is 16.7. The summed E-state index contributed by atoms with van der Waals surface area (Å²) in [6, 6.07) is 31.1. The molecule has 4 aromatic rings. The minimum Gasteiger partial charge on any atom is -0.508 e. The summed E-state index contributed by atoms with van der Waals surface area (Å²) in [5, 5.41) is 18.5. The number of benzene rings is 4. The van der Waals surface area contributed by atoms with Gasteiger partial charge in [0, 0.05) is 10.8 Å². The third-order valence-corrected chi connectivity index (χ3v) is 7.00. The largest absolute Gasteiger partial charge is 0.508 e. The Kier molecular flexibility index (Phi) is 7.74. The fourth-order valence-electron chi connectivity index (χ4n) is 4.35. The number of aromatic hydroxyl groups is 1. The van der Waals surface area contributed by atoms with Crippen molar-refractivity contribution >= 4 is 0 Å². The molecule has 0 bridgehead atoms. The molecule has 0 aliphatic carbocycles. The van der Waals surface area contributed by atoms with Gasteiger partial charge in [-0.1, -0.05) is 76.2 Å². The van der Waals surface area contributed by atoms with Gasteiger partial charge in [-0.15, -0.1) is 0 Å². The molecule has 4 aromatic carbocycles. The van der Waals surface area contributed by atoms with E-state index < -0.39 is 0 Å². The lowest BCUT2D eigenvalue weighted by atomic mass is 9.78. The van der Waals surface area contributed by atoms with Crippen molar-refractivity contribution in [2.75, 3.05) is 13.6 Å². The number of rotatable bonds is 10. The quantitative estimate of drug-likeness (QED) is 0.236. The van der Waals surface area contributed by atoms with Crippen LogP contribution in [0.25, 0.3) is 0 Å². The van der Waals surface area contributed by atoms with Crippen molar-refractivity contribution in [3.05, 3.63) is 119 Å². The highest BCUT2D eigenvalue weighted by molar-refractivity contribution is 5.43. The summed E-state index contributed by atoms with van der Waals surface area (Å²) in [5.41, 5.74) is 4.17. The first-order valence-corrected chi connectivity index (χ1v) is 12.3. The summed E-state index contributed by atoms with van der Waals surface area (Å²) >= 11 is 0. The first kappa shape index (κ1) is 26.1. The van der Waals surface area contributed by atoms with Crippen LogP contribution in [0.3, 0.4) is 0 Å². The molecule has 0 saturated heterocycles. The number of aliphatic hydroxyl groups excluding tert-OH is 1. The van der Waals surface area contributed by atoms with Crippen LogP contribution in [-0.4, -0.2) is 23.8 Å². The first-order chi connectivity index (χ1) is 17.7. The fourth-order valence-corrected chi connectivity index (χ4v) is 4.35. The highest BCUT2D eigenvalue weighted by Gasteiger charge is 2.24. The molecular formula is C32H34O5. The second kappa shape index (κ2) is 11.0. The van der Waals surface area contributed by atoms with Gasteiger partial charge in [0.05, 0.1) is 0 Å². The average molecular weight is 499 g/mol. The van der Waals surface area contributed by atoms with Crippen LogP contribution in [0.15, 0.2) is 97.1 Å². The molecule has 0 saturated carbocycles.